The molecule has 1 unspecified atom stereocenters. The van der Waals surface area contributed by atoms with Crippen molar-refractivity contribution in [3.8, 4) is 5.75 Å². The van der Waals surface area contributed by atoms with E-state index in [2.05, 4.69) is 31.4 Å². The van der Waals surface area contributed by atoms with Gasteiger partial charge in [0.05, 0.1) is 18.0 Å². The number of benzene rings is 2. The number of anilines is 2. The van der Waals surface area contributed by atoms with Crippen LogP contribution in [0.3, 0.4) is 0 Å². The highest BCUT2D eigenvalue weighted by molar-refractivity contribution is 9.10. The third-order valence-corrected chi connectivity index (χ3v) is 5.18. The van der Waals surface area contributed by atoms with Crippen LogP contribution < -0.4 is 15.0 Å². The Labute approximate surface area is 170 Å². The molecule has 2 aromatic carbocycles. The van der Waals surface area contributed by atoms with Gasteiger partial charge in [0.15, 0.2) is 5.82 Å². The highest BCUT2D eigenvalue weighted by atomic mass is 79.9. The van der Waals surface area contributed by atoms with Gasteiger partial charge in [-0.2, -0.15) is 5.10 Å². The molecule has 1 aliphatic heterocycles. The first-order valence-corrected chi connectivity index (χ1v) is 9.82. The number of halogens is 1. The van der Waals surface area contributed by atoms with Crippen molar-refractivity contribution in [2.24, 2.45) is 5.92 Å². The summed E-state index contributed by atoms with van der Waals surface area (Å²) in [5, 5.41) is 11.0. The van der Waals surface area contributed by atoms with E-state index in [1.54, 1.807) is 29.2 Å². The van der Waals surface area contributed by atoms with Gasteiger partial charge >= 0.3 is 0 Å². The third-order valence-electron chi connectivity index (χ3n) is 4.69. The number of ether oxygens (including phenoxy) is 1. The zero-order chi connectivity index (χ0) is 19.7. The Morgan fingerprint density at radius 1 is 1.32 bits per heavy atom. The Bertz CT molecular complexity index is 1030. The molecule has 1 fully saturated rings. The first-order chi connectivity index (χ1) is 13.5. The normalized spacial score (nSPS) is 16.6. The van der Waals surface area contributed by atoms with Crippen LogP contribution in [0.5, 0.6) is 5.75 Å². The zero-order valence-electron chi connectivity index (χ0n) is 15.2. The summed E-state index contributed by atoms with van der Waals surface area (Å²) in [7, 11) is 0. The highest BCUT2D eigenvalue weighted by Crippen LogP contribution is 2.31. The smallest absolute Gasteiger partial charge is 0.229 e. The zero-order valence-corrected chi connectivity index (χ0v) is 16.8. The van der Waals surface area contributed by atoms with Crippen LogP contribution in [0.4, 0.5) is 11.5 Å². The molecular weight excluding hydrogens is 424 g/mol. The van der Waals surface area contributed by atoms with E-state index in [9.17, 15) is 9.59 Å². The Morgan fingerprint density at radius 3 is 2.86 bits per heavy atom. The minimum atomic E-state index is -0.429. The van der Waals surface area contributed by atoms with E-state index in [1.807, 2.05) is 25.1 Å². The number of carbonyl (C=O) groups is 2. The van der Waals surface area contributed by atoms with Crippen LogP contribution in [0.15, 0.2) is 46.9 Å². The number of nitrogens with one attached hydrogen (secondary N) is 2. The topological polar surface area (TPSA) is 87.3 Å². The van der Waals surface area contributed by atoms with Crippen molar-refractivity contribution < 1.29 is 14.3 Å². The van der Waals surface area contributed by atoms with Crippen molar-refractivity contribution in [3.63, 3.8) is 0 Å². The number of hydrogen-bond donors (Lipinski definition) is 2. The molecule has 1 atom stereocenters. The Hall–Kier alpha value is -2.87. The lowest BCUT2D eigenvalue weighted by Gasteiger charge is -2.14. The molecule has 1 aliphatic rings. The van der Waals surface area contributed by atoms with Gasteiger partial charge in [0.2, 0.25) is 11.8 Å². The lowest BCUT2D eigenvalue weighted by Crippen LogP contribution is -2.28. The summed E-state index contributed by atoms with van der Waals surface area (Å²) in [6, 6.07) is 12.9. The van der Waals surface area contributed by atoms with Crippen molar-refractivity contribution >= 4 is 50.2 Å². The van der Waals surface area contributed by atoms with Gasteiger partial charge in [-0.3, -0.25) is 19.6 Å². The maximum atomic E-state index is 12.6. The number of nitrogens with zero attached hydrogens (tertiary/aromatic N) is 2. The molecule has 0 saturated carbocycles. The molecule has 2 heterocycles. The Balaban J connectivity index is 1.47. The lowest BCUT2D eigenvalue weighted by atomic mass is 10.1. The molecule has 0 bridgehead atoms. The van der Waals surface area contributed by atoms with Crippen molar-refractivity contribution in [2.75, 3.05) is 23.4 Å². The fourth-order valence-corrected chi connectivity index (χ4v) is 3.68. The van der Waals surface area contributed by atoms with Crippen molar-refractivity contribution in [2.45, 2.75) is 13.3 Å². The molecular formula is C20H19BrN4O3. The minimum absolute atomic E-state index is 0.108. The summed E-state index contributed by atoms with van der Waals surface area (Å²) in [5.41, 5.74) is 1.51. The monoisotopic (exact) mass is 442 g/mol. The van der Waals surface area contributed by atoms with Gasteiger partial charge < -0.3 is 10.1 Å². The number of fused-ring (bicyclic) bond motifs is 1. The predicted octanol–water partition coefficient (Wildman–Crippen LogP) is 3.72. The summed E-state index contributed by atoms with van der Waals surface area (Å²) in [4.78, 5) is 26.8. The van der Waals surface area contributed by atoms with Gasteiger partial charge in [0.25, 0.3) is 0 Å². The average molecular weight is 443 g/mol. The van der Waals surface area contributed by atoms with Crippen molar-refractivity contribution in [3.05, 3.63) is 46.9 Å². The van der Waals surface area contributed by atoms with Gasteiger partial charge in [-0.1, -0.05) is 15.9 Å². The van der Waals surface area contributed by atoms with Crippen molar-refractivity contribution in [1.82, 2.24) is 10.2 Å². The van der Waals surface area contributed by atoms with E-state index in [-0.39, 0.29) is 18.2 Å². The van der Waals surface area contributed by atoms with Crippen LogP contribution in [0.25, 0.3) is 10.9 Å². The number of amides is 2. The highest BCUT2D eigenvalue weighted by Gasteiger charge is 2.36. The molecule has 0 aliphatic carbocycles. The van der Waals surface area contributed by atoms with E-state index >= 15 is 0 Å². The third kappa shape index (κ3) is 3.60. The number of H-pyrrole nitrogens is 1. The molecule has 0 spiro atoms. The number of carbonyl (C=O) groups excluding carboxylic acids is 2. The molecule has 1 saturated heterocycles. The second-order valence-corrected chi connectivity index (χ2v) is 7.50. The molecule has 3 aromatic rings. The van der Waals surface area contributed by atoms with E-state index in [4.69, 9.17) is 4.74 Å². The van der Waals surface area contributed by atoms with Crippen LogP contribution >= 0.6 is 15.9 Å². The van der Waals surface area contributed by atoms with E-state index in [0.29, 0.717) is 24.7 Å². The lowest BCUT2D eigenvalue weighted by molar-refractivity contribution is -0.122. The number of hydrogen-bond acceptors (Lipinski definition) is 4. The molecule has 8 heteroatoms. The molecule has 2 amide bonds. The van der Waals surface area contributed by atoms with Crippen LogP contribution in [0.2, 0.25) is 0 Å². The van der Waals surface area contributed by atoms with Gasteiger partial charge in [-0.15, -0.1) is 0 Å². The Kier molecular flexibility index (Phi) is 5.04. The summed E-state index contributed by atoms with van der Waals surface area (Å²) in [5.74, 6) is 0.593. The summed E-state index contributed by atoms with van der Waals surface area (Å²) in [6.45, 7) is 2.81. The van der Waals surface area contributed by atoms with E-state index in [1.165, 1.54) is 0 Å². The molecule has 7 nitrogen and oxygen atoms in total. The standard InChI is InChI=1S/C20H19BrN4O3/c1-2-28-15-6-4-14(5-7-15)22-20(27)12-9-18(26)25(11-12)19-16-8-3-13(21)10-17(16)23-24-19/h3-8,10,12H,2,9,11H2,1H3,(H,22,27)(H,23,24). The minimum Gasteiger partial charge on any atom is -0.494 e. The molecule has 28 heavy (non-hydrogen) atoms. The van der Waals surface area contributed by atoms with Crippen molar-refractivity contribution in [1.29, 1.82) is 0 Å². The van der Waals surface area contributed by atoms with Crippen LogP contribution in [0, 0.1) is 5.92 Å². The van der Waals surface area contributed by atoms with Crippen LogP contribution in [-0.4, -0.2) is 35.2 Å². The molecule has 1 aromatic heterocycles. The van der Waals surface area contributed by atoms with Crippen LogP contribution in [-0.2, 0) is 9.59 Å². The fourth-order valence-electron chi connectivity index (χ4n) is 3.32. The summed E-state index contributed by atoms with van der Waals surface area (Å²) < 4.78 is 6.33. The number of rotatable bonds is 5. The predicted molar refractivity (Wildman–Crippen MR) is 110 cm³/mol. The molecule has 2 N–H and O–H groups in total. The van der Waals surface area contributed by atoms with Gasteiger partial charge in [0.1, 0.15) is 5.75 Å². The molecule has 0 radical (unpaired) electrons. The Morgan fingerprint density at radius 2 is 2.11 bits per heavy atom. The largest absolute Gasteiger partial charge is 0.494 e. The molecule has 144 valence electrons. The summed E-state index contributed by atoms with van der Waals surface area (Å²) >= 11 is 3.42. The number of aromatic nitrogens is 2. The first kappa shape index (κ1) is 18.5. The van der Waals surface area contributed by atoms with Crippen LogP contribution in [0.1, 0.15) is 13.3 Å². The second kappa shape index (κ2) is 7.63. The first-order valence-electron chi connectivity index (χ1n) is 9.03. The fraction of sp³-hybridized carbons (Fsp3) is 0.250. The maximum absolute atomic E-state index is 12.6. The summed E-state index contributed by atoms with van der Waals surface area (Å²) in [6.07, 6.45) is 0.160. The van der Waals surface area contributed by atoms with E-state index in [0.717, 1.165) is 21.1 Å². The number of aromatic amines is 1. The van der Waals surface area contributed by atoms with Gasteiger partial charge in [-0.25, -0.2) is 0 Å². The SMILES string of the molecule is CCOc1ccc(NC(=O)C2CC(=O)N(c3n[nH]c4cc(Br)ccc34)C2)cc1. The molecule has 4 rings (SSSR count). The maximum Gasteiger partial charge on any atom is 0.229 e. The quantitative estimate of drug-likeness (QED) is 0.630. The van der Waals surface area contributed by atoms with Gasteiger partial charge in [0, 0.05) is 28.5 Å². The van der Waals surface area contributed by atoms with Gasteiger partial charge in [-0.05, 0) is 49.4 Å². The second-order valence-electron chi connectivity index (χ2n) is 6.59. The average Bonchev–Trinajstić information content (AvgIpc) is 3.26. The van der Waals surface area contributed by atoms with E-state index < -0.39 is 5.92 Å².